The maximum Gasteiger partial charge on any atom is 0.0239 e. The largest absolute Gasteiger partial charge is 0.330 e. The lowest BCUT2D eigenvalue weighted by molar-refractivity contribution is 0.126. The highest BCUT2D eigenvalue weighted by Crippen LogP contribution is 2.25. The zero-order chi connectivity index (χ0) is 13.1. The van der Waals surface area contributed by atoms with Gasteiger partial charge in [0.1, 0.15) is 0 Å². The Hall–Kier alpha value is -0.860. The van der Waals surface area contributed by atoms with Gasteiger partial charge in [0.2, 0.25) is 0 Å². The van der Waals surface area contributed by atoms with Crippen molar-refractivity contribution in [3.05, 3.63) is 34.9 Å². The predicted octanol–water partition coefficient (Wildman–Crippen LogP) is 2.72. The molecule has 0 saturated carbocycles. The smallest absolute Gasteiger partial charge is 0.0239 e. The molecule has 1 heterocycles. The number of nitrogens with zero attached hydrogens (tertiary/aromatic N) is 1. The molecule has 0 aliphatic carbocycles. The van der Waals surface area contributed by atoms with Crippen LogP contribution in [0.25, 0.3) is 0 Å². The average Bonchev–Trinajstić information content (AvgIpc) is 2.36. The van der Waals surface area contributed by atoms with Crippen LogP contribution in [0.4, 0.5) is 0 Å². The van der Waals surface area contributed by atoms with Crippen LogP contribution in [0.2, 0.25) is 0 Å². The van der Waals surface area contributed by atoms with Gasteiger partial charge in [-0.25, -0.2) is 0 Å². The van der Waals surface area contributed by atoms with E-state index in [0.717, 1.165) is 25.6 Å². The maximum absolute atomic E-state index is 5.88. The van der Waals surface area contributed by atoms with Crippen LogP contribution in [0.5, 0.6) is 0 Å². The predicted molar refractivity (Wildman–Crippen MR) is 77.5 cm³/mol. The molecule has 2 nitrogen and oxygen atoms in total. The Balaban J connectivity index is 2.06. The molecule has 2 unspecified atom stereocenters. The molecule has 1 fully saturated rings. The van der Waals surface area contributed by atoms with E-state index < -0.39 is 0 Å². The van der Waals surface area contributed by atoms with Crippen molar-refractivity contribution in [3.63, 3.8) is 0 Å². The molecular weight excluding hydrogens is 220 g/mol. The Kier molecular flexibility index (Phi) is 4.41. The van der Waals surface area contributed by atoms with Crippen LogP contribution in [0.3, 0.4) is 0 Å². The normalized spacial score (nSPS) is 25.3. The second kappa shape index (κ2) is 5.85. The number of aryl methyl sites for hydroxylation is 2. The number of likely N-dealkylation sites (tertiary alicyclic amines) is 1. The summed E-state index contributed by atoms with van der Waals surface area (Å²) in [7, 11) is 0. The van der Waals surface area contributed by atoms with E-state index in [1.807, 2.05) is 0 Å². The van der Waals surface area contributed by atoms with E-state index in [9.17, 15) is 0 Å². The van der Waals surface area contributed by atoms with Crippen LogP contribution in [0, 0.1) is 25.7 Å². The topological polar surface area (TPSA) is 29.3 Å². The van der Waals surface area contributed by atoms with E-state index in [0.29, 0.717) is 5.92 Å². The fourth-order valence-corrected chi connectivity index (χ4v) is 3.00. The Bertz CT molecular complexity index is 380. The standard InChI is InChI=1S/C16H26N2/c1-12-7-8-18(10-15(12)9-17)11-16-13(2)5-4-6-14(16)3/h4-6,12,15H,7-11,17H2,1-3H3. The van der Waals surface area contributed by atoms with Crippen molar-refractivity contribution in [2.24, 2.45) is 17.6 Å². The zero-order valence-electron chi connectivity index (χ0n) is 11.9. The molecule has 18 heavy (non-hydrogen) atoms. The van der Waals surface area contributed by atoms with Gasteiger partial charge in [-0.15, -0.1) is 0 Å². The van der Waals surface area contributed by atoms with E-state index in [1.54, 1.807) is 0 Å². The van der Waals surface area contributed by atoms with Crippen molar-refractivity contribution < 1.29 is 0 Å². The van der Waals surface area contributed by atoms with E-state index in [2.05, 4.69) is 43.9 Å². The molecule has 2 atom stereocenters. The van der Waals surface area contributed by atoms with E-state index in [-0.39, 0.29) is 0 Å². The summed E-state index contributed by atoms with van der Waals surface area (Å²) in [6.07, 6.45) is 1.28. The van der Waals surface area contributed by atoms with Crippen LogP contribution < -0.4 is 5.73 Å². The number of hydrogen-bond donors (Lipinski definition) is 1. The molecule has 0 bridgehead atoms. The molecule has 2 heteroatoms. The van der Waals surface area contributed by atoms with Crippen LogP contribution in [0.1, 0.15) is 30.0 Å². The van der Waals surface area contributed by atoms with Crippen molar-refractivity contribution in [1.82, 2.24) is 4.90 Å². The van der Waals surface area contributed by atoms with Gasteiger partial charge in [-0.1, -0.05) is 25.1 Å². The minimum atomic E-state index is 0.670. The highest BCUT2D eigenvalue weighted by molar-refractivity contribution is 5.33. The number of benzene rings is 1. The maximum atomic E-state index is 5.88. The molecule has 0 spiro atoms. The van der Waals surface area contributed by atoms with Gasteiger partial charge in [0, 0.05) is 13.1 Å². The zero-order valence-corrected chi connectivity index (χ0v) is 11.9. The lowest BCUT2D eigenvalue weighted by Gasteiger charge is -2.37. The Labute approximate surface area is 111 Å². The molecule has 0 radical (unpaired) electrons. The molecule has 0 aromatic heterocycles. The minimum absolute atomic E-state index is 0.670. The van der Waals surface area contributed by atoms with Gasteiger partial charge in [0.05, 0.1) is 0 Å². The second-order valence-corrected chi connectivity index (χ2v) is 5.87. The number of hydrogen-bond acceptors (Lipinski definition) is 2. The first-order valence-electron chi connectivity index (χ1n) is 7.09. The molecule has 1 aliphatic heterocycles. The molecular formula is C16H26N2. The minimum Gasteiger partial charge on any atom is -0.330 e. The monoisotopic (exact) mass is 246 g/mol. The van der Waals surface area contributed by atoms with Gasteiger partial charge in [0.25, 0.3) is 0 Å². The lowest BCUT2D eigenvalue weighted by atomic mass is 9.86. The number of nitrogens with two attached hydrogens (primary N) is 1. The summed E-state index contributed by atoms with van der Waals surface area (Å²) in [4.78, 5) is 2.58. The van der Waals surface area contributed by atoms with Crippen molar-refractivity contribution in [3.8, 4) is 0 Å². The van der Waals surface area contributed by atoms with Crippen molar-refractivity contribution >= 4 is 0 Å². The molecule has 2 rings (SSSR count). The first-order chi connectivity index (χ1) is 8.61. The van der Waals surface area contributed by atoms with Gasteiger partial charge < -0.3 is 5.73 Å². The first-order valence-corrected chi connectivity index (χ1v) is 7.09. The quantitative estimate of drug-likeness (QED) is 0.888. The third kappa shape index (κ3) is 2.93. The van der Waals surface area contributed by atoms with Gasteiger partial charge in [-0.3, -0.25) is 4.90 Å². The summed E-state index contributed by atoms with van der Waals surface area (Å²) >= 11 is 0. The molecule has 2 N–H and O–H groups in total. The van der Waals surface area contributed by atoms with Gasteiger partial charge in [-0.05, 0) is 61.9 Å². The SMILES string of the molecule is Cc1cccc(C)c1CN1CCC(C)C(CN)C1. The van der Waals surface area contributed by atoms with Gasteiger partial charge in [-0.2, -0.15) is 0 Å². The molecule has 1 aliphatic rings. The van der Waals surface area contributed by atoms with Gasteiger partial charge >= 0.3 is 0 Å². The van der Waals surface area contributed by atoms with Crippen molar-refractivity contribution in [2.45, 2.75) is 33.7 Å². The van der Waals surface area contributed by atoms with Gasteiger partial charge in [0.15, 0.2) is 0 Å². The summed E-state index contributed by atoms with van der Waals surface area (Å²) in [6, 6.07) is 6.58. The highest BCUT2D eigenvalue weighted by atomic mass is 15.1. The summed E-state index contributed by atoms with van der Waals surface area (Å²) < 4.78 is 0. The first kappa shape index (κ1) is 13.6. The second-order valence-electron chi connectivity index (χ2n) is 5.87. The van der Waals surface area contributed by atoms with E-state index >= 15 is 0 Å². The summed E-state index contributed by atoms with van der Waals surface area (Å²) in [6.45, 7) is 11.1. The van der Waals surface area contributed by atoms with Crippen molar-refractivity contribution in [1.29, 1.82) is 0 Å². The van der Waals surface area contributed by atoms with Crippen molar-refractivity contribution in [2.75, 3.05) is 19.6 Å². The van der Waals surface area contributed by atoms with Crippen LogP contribution in [-0.2, 0) is 6.54 Å². The lowest BCUT2D eigenvalue weighted by Crippen LogP contribution is -2.42. The summed E-state index contributed by atoms with van der Waals surface area (Å²) in [5.74, 6) is 1.45. The molecule has 0 amide bonds. The molecule has 100 valence electrons. The fraction of sp³-hybridized carbons (Fsp3) is 0.625. The van der Waals surface area contributed by atoms with Crippen LogP contribution in [-0.4, -0.2) is 24.5 Å². The summed E-state index contributed by atoms with van der Waals surface area (Å²) in [5.41, 5.74) is 10.2. The third-order valence-electron chi connectivity index (χ3n) is 4.53. The Morgan fingerprint density at radius 3 is 2.56 bits per heavy atom. The fourth-order valence-electron chi connectivity index (χ4n) is 3.00. The number of rotatable bonds is 3. The molecule has 1 saturated heterocycles. The Morgan fingerprint density at radius 2 is 1.94 bits per heavy atom. The van der Waals surface area contributed by atoms with E-state index in [1.165, 1.54) is 29.7 Å². The van der Waals surface area contributed by atoms with Crippen LogP contribution in [0.15, 0.2) is 18.2 Å². The van der Waals surface area contributed by atoms with Crippen LogP contribution >= 0.6 is 0 Å². The van der Waals surface area contributed by atoms with E-state index in [4.69, 9.17) is 5.73 Å². The Morgan fingerprint density at radius 1 is 1.28 bits per heavy atom. The average molecular weight is 246 g/mol. The summed E-state index contributed by atoms with van der Waals surface area (Å²) in [5, 5.41) is 0. The molecule has 1 aromatic rings. The number of piperidine rings is 1. The highest BCUT2D eigenvalue weighted by Gasteiger charge is 2.25. The third-order valence-corrected chi connectivity index (χ3v) is 4.53. The molecule has 1 aromatic carbocycles.